The van der Waals surface area contributed by atoms with Crippen LogP contribution >= 0.6 is 0 Å². The Labute approximate surface area is 133 Å². The van der Waals surface area contributed by atoms with Crippen molar-refractivity contribution in [2.75, 3.05) is 5.32 Å². The van der Waals surface area contributed by atoms with E-state index in [4.69, 9.17) is 0 Å². The lowest BCUT2D eigenvalue weighted by atomic mass is 10.2. The number of aromatic hydroxyl groups is 1. The fourth-order valence-corrected chi connectivity index (χ4v) is 2.45. The van der Waals surface area contributed by atoms with Crippen LogP contribution in [0.4, 0.5) is 5.69 Å². The van der Waals surface area contributed by atoms with E-state index in [1.54, 1.807) is 22.9 Å². The number of fused-ring (bicyclic) bond motifs is 1. The summed E-state index contributed by atoms with van der Waals surface area (Å²) in [5.41, 5.74) is 1.35. The molecule has 3 rings (SSSR count). The quantitative estimate of drug-likeness (QED) is 0.776. The molecule has 1 aromatic heterocycles. The summed E-state index contributed by atoms with van der Waals surface area (Å²) in [6, 6.07) is 15.8. The summed E-state index contributed by atoms with van der Waals surface area (Å²) in [6.07, 6.45) is 1.92. The molecule has 0 spiro atoms. The Morgan fingerprint density at radius 1 is 1.00 bits per heavy atom. The zero-order valence-corrected chi connectivity index (χ0v) is 12.4. The summed E-state index contributed by atoms with van der Waals surface area (Å²) >= 11 is 0. The van der Waals surface area contributed by atoms with E-state index in [2.05, 4.69) is 5.32 Å². The molecule has 1 amide bonds. The van der Waals surface area contributed by atoms with Gasteiger partial charge < -0.3 is 10.4 Å². The standard InChI is InChI=1S/C18H16N2O3/c21-15-6-3-5-14(12-15)19-17(22)8-9-18(23)20-11-10-13-4-1-2-7-16(13)20/h1-7,10-12,21H,8-9H2,(H,19,22). The summed E-state index contributed by atoms with van der Waals surface area (Å²) < 4.78 is 1.57. The predicted molar refractivity (Wildman–Crippen MR) is 88.5 cm³/mol. The largest absolute Gasteiger partial charge is 0.508 e. The minimum Gasteiger partial charge on any atom is -0.508 e. The molecule has 0 bridgehead atoms. The van der Waals surface area contributed by atoms with Crippen molar-refractivity contribution < 1.29 is 14.7 Å². The Kier molecular flexibility index (Phi) is 4.10. The van der Waals surface area contributed by atoms with Gasteiger partial charge in [0.25, 0.3) is 0 Å². The molecule has 0 aliphatic carbocycles. The van der Waals surface area contributed by atoms with Crippen molar-refractivity contribution in [2.45, 2.75) is 12.8 Å². The molecular weight excluding hydrogens is 292 g/mol. The Morgan fingerprint density at radius 3 is 2.65 bits per heavy atom. The van der Waals surface area contributed by atoms with Gasteiger partial charge in [-0.15, -0.1) is 0 Å². The number of para-hydroxylation sites is 1. The van der Waals surface area contributed by atoms with Crippen LogP contribution in [-0.2, 0) is 4.79 Å². The van der Waals surface area contributed by atoms with Crippen molar-refractivity contribution in [1.29, 1.82) is 0 Å². The molecule has 0 unspecified atom stereocenters. The Bertz CT molecular complexity index is 867. The summed E-state index contributed by atoms with van der Waals surface area (Å²) in [7, 11) is 0. The van der Waals surface area contributed by atoms with Gasteiger partial charge in [-0.25, -0.2) is 0 Å². The number of rotatable bonds is 4. The zero-order valence-electron chi connectivity index (χ0n) is 12.4. The van der Waals surface area contributed by atoms with Crippen molar-refractivity contribution >= 4 is 28.4 Å². The fourth-order valence-electron chi connectivity index (χ4n) is 2.45. The number of hydrogen-bond donors (Lipinski definition) is 2. The second-order valence-electron chi connectivity index (χ2n) is 5.24. The molecule has 23 heavy (non-hydrogen) atoms. The van der Waals surface area contributed by atoms with E-state index < -0.39 is 0 Å². The van der Waals surface area contributed by atoms with Gasteiger partial charge in [-0.2, -0.15) is 0 Å². The van der Waals surface area contributed by atoms with Gasteiger partial charge in [-0.1, -0.05) is 24.3 Å². The van der Waals surface area contributed by atoms with E-state index in [1.807, 2.05) is 30.3 Å². The van der Waals surface area contributed by atoms with Gasteiger partial charge in [0.1, 0.15) is 5.75 Å². The van der Waals surface area contributed by atoms with Crippen LogP contribution in [0.25, 0.3) is 10.9 Å². The number of benzene rings is 2. The smallest absolute Gasteiger partial charge is 0.231 e. The molecule has 0 aliphatic heterocycles. The first-order chi connectivity index (χ1) is 11.1. The van der Waals surface area contributed by atoms with Gasteiger partial charge in [-0.05, 0) is 24.3 Å². The van der Waals surface area contributed by atoms with Crippen molar-refractivity contribution in [3.05, 3.63) is 60.8 Å². The third kappa shape index (κ3) is 3.40. The van der Waals surface area contributed by atoms with Crippen molar-refractivity contribution in [2.24, 2.45) is 0 Å². The Hall–Kier alpha value is -3.08. The highest BCUT2D eigenvalue weighted by Crippen LogP contribution is 2.17. The van der Waals surface area contributed by atoms with Crippen molar-refractivity contribution in [1.82, 2.24) is 4.57 Å². The number of aromatic nitrogens is 1. The first-order valence-corrected chi connectivity index (χ1v) is 7.32. The summed E-state index contributed by atoms with van der Waals surface area (Å²) in [6.45, 7) is 0. The molecule has 1 heterocycles. The van der Waals surface area contributed by atoms with E-state index >= 15 is 0 Å². The number of amides is 1. The molecule has 0 saturated carbocycles. The lowest BCUT2D eigenvalue weighted by molar-refractivity contribution is -0.116. The van der Waals surface area contributed by atoms with Crippen LogP contribution in [0, 0.1) is 0 Å². The molecule has 0 radical (unpaired) electrons. The van der Waals surface area contributed by atoms with Gasteiger partial charge in [0, 0.05) is 36.2 Å². The molecule has 2 N–H and O–H groups in total. The number of phenolic OH excluding ortho intramolecular Hbond substituents is 1. The molecule has 0 saturated heterocycles. The van der Waals surface area contributed by atoms with Gasteiger partial charge in [0.2, 0.25) is 11.8 Å². The highest BCUT2D eigenvalue weighted by molar-refractivity contribution is 5.96. The number of anilines is 1. The number of hydrogen-bond acceptors (Lipinski definition) is 3. The van der Waals surface area contributed by atoms with Gasteiger partial charge >= 0.3 is 0 Å². The summed E-state index contributed by atoms with van der Waals surface area (Å²) in [4.78, 5) is 24.2. The number of phenols is 1. The average molecular weight is 308 g/mol. The van der Waals surface area contributed by atoms with Crippen LogP contribution in [0.1, 0.15) is 17.6 Å². The maximum Gasteiger partial charge on any atom is 0.231 e. The van der Waals surface area contributed by atoms with Gasteiger partial charge in [0.05, 0.1) is 5.52 Å². The van der Waals surface area contributed by atoms with Crippen molar-refractivity contribution in [3.63, 3.8) is 0 Å². The number of nitrogens with zero attached hydrogens (tertiary/aromatic N) is 1. The normalized spacial score (nSPS) is 10.6. The average Bonchev–Trinajstić information content (AvgIpc) is 2.97. The first kappa shape index (κ1) is 14.8. The molecule has 0 atom stereocenters. The van der Waals surface area contributed by atoms with Crippen LogP contribution in [0.5, 0.6) is 5.75 Å². The molecule has 0 aliphatic rings. The molecule has 0 fully saturated rings. The fraction of sp³-hybridized carbons (Fsp3) is 0.111. The van der Waals surface area contributed by atoms with Crippen LogP contribution in [-0.4, -0.2) is 21.5 Å². The lowest BCUT2D eigenvalue weighted by Gasteiger charge is -2.06. The zero-order chi connectivity index (χ0) is 16.2. The maximum atomic E-state index is 12.3. The number of nitrogens with one attached hydrogen (secondary N) is 1. The SMILES string of the molecule is O=C(CCC(=O)n1ccc2ccccc21)Nc1cccc(O)c1. The van der Waals surface area contributed by atoms with E-state index in [-0.39, 0.29) is 30.4 Å². The highest BCUT2D eigenvalue weighted by Gasteiger charge is 2.11. The number of carbonyl (C=O) groups is 2. The molecule has 3 aromatic rings. The number of carbonyl (C=O) groups excluding carboxylic acids is 2. The van der Waals surface area contributed by atoms with Crippen LogP contribution in [0.3, 0.4) is 0 Å². The Morgan fingerprint density at radius 2 is 1.83 bits per heavy atom. The molecule has 5 heteroatoms. The summed E-state index contributed by atoms with van der Waals surface area (Å²) in [5.74, 6) is -0.310. The van der Waals surface area contributed by atoms with E-state index in [1.165, 1.54) is 12.1 Å². The maximum absolute atomic E-state index is 12.3. The van der Waals surface area contributed by atoms with Crippen LogP contribution in [0.2, 0.25) is 0 Å². The topological polar surface area (TPSA) is 71.3 Å². The summed E-state index contributed by atoms with van der Waals surface area (Å²) in [5, 5.41) is 13.0. The van der Waals surface area contributed by atoms with E-state index in [0.717, 1.165) is 10.9 Å². The molecule has 2 aromatic carbocycles. The minimum atomic E-state index is -0.264. The van der Waals surface area contributed by atoms with Crippen LogP contribution < -0.4 is 5.32 Å². The Balaban J connectivity index is 1.61. The monoisotopic (exact) mass is 308 g/mol. The van der Waals surface area contributed by atoms with Crippen molar-refractivity contribution in [3.8, 4) is 5.75 Å². The van der Waals surface area contributed by atoms with E-state index in [0.29, 0.717) is 5.69 Å². The predicted octanol–water partition coefficient (Wildman–Crippen LogP) is 3.41. The minimum absolute atomic E-state index is 0.0812. The third-order valence-corrected chi connectivity index (χ3v) is 3.56. The van der Waals surface area contributed by atoms with Crippen LogP contribution in [0.15, 0.2) is 60.8 Å². The highest BCUT2D eigenvalue weighted by atomic mass is 16.3. The lowest BCUT2D eigenvalue weighted by Crippen LogP contribution is -2.16. The second kappa shape index (κ2) is 6.36. The third-order valence-electron chi connectivity index (χ3n) is 3.56. The van der Waals surface area contributed by atoms with E-state index in [9.17, 15) is 14.7 Å². The molecular formula is C18H16N2O3. The van der Waals surface area contributed by atoms with Gasteiger partial charge in [0.15, 0.2) is 0 Å². The van der Waals surface area contributed by atoms with Gasteiger partial charge in [-0.3, -0.25) is 14.2 Å². The second-order valence-corrected chi connectivity index (χ2v) is 5.24. The first-order valence-electron chi connectivity index (χ1n) is 7.32. The molecule has 116 valence electrons. The molecule has 5 nitrogen and oxygen atoms in total.